The van der Waals surface area contributed by atoms with Crippen LogP contribution in [-0.2, 0) is 4.79 Å². The Morgan fingerprint density at radius 1 is 0.793 bits per heavy atom. The molecule has 0 saturated carbocycles. The summed E-state index contributed by atoms with van der Waals surface area (Å²) >= 11 is 0. The Balaban J connectivity index is 4.12. The first-order valence-electron chi connectivity index (χ1n) is 11.4. The lowest BCUT2D eigenvalue weighted by atomic mass is 9.91. The first-order valence-corrected chi connectivity index (χ1v) is 11.4. The third-order valence-corrected chi connectivity index (χ3v) is 4.64. The van der Waals surface area contributed by atoms with Crippen LogP contribution in [0.1, 0.15) is 85.0 Å². The molecule has 3 heteroatoms. The predicted molar refractivity (Wildman–Crippen MR) is 127 cm³/mol. The van der Waals surface area contributed by atoms with Gasteiger partial charge < -0.3 is 10.4 Å². The molecule has 2 N–H and O–H groups in total. The van der Waals surface area contributed by atoms with Crippen LogP contribution in [0.25, 0.3) is 0 Å². The lowest BCUT2D eigenvalue weighted by molar-refractivity contribution is -0.118. The van der Waals surface area contributed by atoms with Gasteiger partial charge in [0.25, 0.3) is 0 Å². The average molecular weight is 402 g/mol. The maximum Gasteiger partial charge on any atom is 0.244 e. The molecule has 0 radical (unpaired) electrons. The molecule has 29 heavy (non-hydrogen) atoms. The first-order chi connectivity index (χ1) is 14.1. The van der Waals surface area contributed by atoms with Crippen molar-refractivity contribution in [3.63, 3.8) is 0 Å². The second kappa shape index (κ2) is 19.4. The summed E-state index contributed by atoms with van der Waals surface area (Å²) in [4.78, 5) is 12.0. The summed E-state index contributed by atoms with van der Waals surface area (Å²) in [6.07, 6.45) is 29.6. The topological polar surface area (TPSA) is 49.3 Å². The molecule has 0 fully saturated rings. The number of rotatable bonds is 17. The Kier molecular flexibility index (Phi) is 18.2. The summed E-state index contributed by atoms with van der Waals surface area (Å²) in [5, 5.41) is 13.6. The van der Waals surface area contributed by atoms with Crippen molar-refractivity contribution in [3.05, 3.63) is 60.8 Å². The van der Waals surface area contributed by atoms with Gasteiger partial charge in [-0.25, -0.2) is 0 Å². The number of nitrogens with one attached hydrogen (secondary N) is 1. The zero-order valence-electron chi connectivity index (χ0n) is 18.9. The molecule has 0 aromatic carbocycles. The highest BCUT2D eigenvalue weighted by Gasteiger charge is 2.25. The summed E-state index contributed by atoms with van der Waals surface area (Å²) in [5.74, 6) is -0.160. The van der Waals surface area contributed by atoms with Crippen LogP contribution < -0.4 is 5.32 Å². The largest absolute Gasteiger partial charge is 0.388 e. The maximum atomic E-state index is 12.0. The lowest BCUT2D eigenvalue weighted by Crippen LogP contribution is -2.42. The summed E-state index contributed by atoms with van der Waals surface area (Å²) in [6, 6.07) is 0. The Labute approximate surface area is 179 Å². The molecule has 1 unspecified atom stereocenters. The molecular weight excluding hydrogens is 358 g/mol. The third-order valence-electron chi connectivity index (χ3n) is 4.64. The Hall–Kier alpha value is -1.87. The van der Waals surface area contributed by atoms with E-state index in [1.807, 2.05) is 18.2 Å². The van der Waals surface area contributed by atoms with Crippen molar-refractivity contribution in [3.8, 4) is 0 Å². The van der Waals surface area contributed by atoms with Gasteiger partial charge in [0.2, 0.25) is 5.91 Å². The van der Waals surface area contributed by atoms with Crippen LogP contribution in [0.5, 0.6) is 0 Å². The highest BCUT2D eigenvalue weighted by molar-refractivity contribution is 5.87. The molecule has 0 spiro atoms. The van der Waals surface area contributed by atoms with E-state index in [1.165, 1.54) is 18.9 Å². The highest BCUT2D eigenvalue weighted by Crippen LogP contribution is 2.20. The number of hydrogen-bond acceptors (Lipinski definition) is 2. The van der Waals surface area contributed by atoms with Crippen LogP contribution in [0, 0.1) is 0 Å². The van der Waals surface area contributed by atoms with Gasteiger partial charge in [-0.15, -0.1) is 0 Å². The zero-order valence-corrected chi connectivity index (χ0v) is 18.9. The van der Waals surface area contributed by atoms with E-state index in [2.05, 4.69) is 56.5 Å². The van der Waals surface area contributed by atoms with Crippen LogP contribution in [-0.4, -0.2) is 23.2 Å². The van der Waals surface area contributed by atoms with Crippen molar-refractivity contribution in [2.75, 3.05) is 6.54 Å². The van der Waals surface area contributed by atoms with Crippen LogP contribution in [0.2, 0.25) is 0 Å². The molecular formula is C26H43NO2. The van der Waals surface area contributed by atoms with Crippen molar-refractivity contribution in [1.29, 1.82) is 0 Å². The van der Waals surface area contributed by atoms with Gasteiger partial charge in [0, 0.05) is 12.6 Å². The molecule has 0 heterocycles. The van der Waals surface area contributed by atoms with Gasteiger partial charge in [0.1, 0.15) is 0 Å². The van der Waals surface area contributed by atoms with E-state index in [-0.39, 0.29) is 5.91 Å². The van der Waals surface area contributed by atoms with Gasteiger partial charge in [0.15, 0.2) is 0 Å². The van der Waals surface area contributed by atoms with Gasteiger partial charge in [0.05, 0.1) is 5.60 Å². The SMILES string of the molecule is CCC=CC=CCCC=CC=CC=CC(=O)NCC(O)(CCC)CCCCCC. The summed E-state index contributed by atoms with van der Waals surface area (Å²) in [7, 11) is 0. The van der Waals surface area contributed by atoms with Crippen LogP contribution in [0.15, 0.2) is 60.8 Å². The van der Waals surface area contributed by atoms with Crippen molar-refractivity contribution in [1.82, 2.24) is 5.32 Å². The van der Waals surface area contributed by atoms with Crippen LogP contribution in [0.3, 0.4) is 0 Å². The van der Waals surface area contributed by atoms with E-state index in [0.717, 1.165) is 51.4 Å². The van der Waals surface area contributed by atoms with Crippen molar-refractivity contribution < 1.29 is 9.90 Å². The summed E-state index contributed by atoms with van der Waals surface area (Å²) in [5.41, 5.74) is -0.786. The second-order valence-corrected chi connectivity index (χ2v) is 7.52. The quantitative estimate of drug-likeness (QED) is 0.164. The number of allylic oxidation sites excluding steroid dienone is 9. The summed E-state index contributed by atoms with van der Waals surface area (Å²) in [6.45, 7) is 6.69. The smallest absolute Gasteiger partial charge is 0.244 e. The minimum atomic E-state index is -0.786. The number of carbonyl (C=O) groups excluding carboxylic acids is 1. The molecule has 0 aromatic rings. The number of amides is 1. The predicted octanol–water partition coefficient (Wildman–Crippen LogP) is 6.58. The molecule has 0 aliphatic heterocycles. The number of hydrogen-bond donors (Lipinski definition) is 2. The van der Waals surface area contributed by atoms with Gasteiger partial charge >= 0.3 is 0 Å². The van der Waals surface area contributed by atoms with E-state index in [0.29, 0.717) is 6.54 Å². The standard InChI is InChI=1S/C26H43NO2/c1-4-7-9-11-12-13-14-15-16-17-18-19-21-25(28)27-24-26(29,22-6-3)23-20-10-8-5-2/h7,9,11-12,15-19,21,29H,4-6,8,10,13-14,20,22-24H2,1-3H3,(H,27,28). The van der Waals surface area contributed by atoms with E-state index < -0.39 is 5.60 Å². The monoisotopic (exact) mass is 401 g/mol. The van der Waals surface area contributed by atoms with Gasteiger partial charge in [-0.2, -0.15) is 0 Å². The third kappa shape index (κ3) is 17.9. The van der Waals surface area contributed by atoms with E-state index in [9.17, 15) is 9.90 Å². The van der Waals surface area contributed by atoms with Gasteiger partial charge in [-0.1, -0.05) is 108 Å². The molecule has 0 aromatic heterocycles. The normalized spacial score (nSPS) is 14.8. The van der Waals surface area contributed by atoms with Gasteiger partial charge in [-0.05, 0) is 32.1 Å². The molecule has 0 rings (SSSR count). The Morgan fingerprint density at radius 2 is 1.45 bits per heavy atom. The van der Waals surface area contributed by atoms with Crippen molar-refractivity contribution in [2.24, 2.45) is 0 Å². The molecule has 1 atom stereocenters. The molecule has 1 amide bonds. The van der Waals surface area contributed by atoms with Gasteiger partial charge in [-0.3, -0.25) is 4.79 Å². The molecule has 164 valence electrons. The molecule has 0 aliphatic rings. The Bertz CT molecular complexity index is 543. The van der Waals surface area contributed by atoms with Crippen LogP contribution >= 0.6 is 0 Å². The number of unbranched alkanes of at least 4 members (excludes halogenated alkanes) is 4. The van der Waals surface area contributed by atoms with E-state index >= 15 is 0 Å². The Morgan fingerprint density at radius 3 is 2.10 bits per heavy atom. The fourth-order valence-electron chi connectivity index (χ4n) is 2.99. The minimum Gasteiger partial charge on any atom is -0.388 e. The van der Waals surface area contributed by atoms with E-state index in [4.69, 9.17) is 0 Å². The lowest BCUT2D eigenvalue weighted by Gasteiger charge is -2.28. The van der Waals surface area contributed by atoms with Crippen molar-refractivity contribution in [2.45, 2.75) is 90.6 Å². The molecule has 0 bridgehead atoms. The fraction of sp³-hybridized carbons (Fsp3) is 0.577. The highest BCUT2D eigenvalue weighted by atomic mass is 16.3. The average Bonchev–Trinajstić information content (AvgIpc) is 2.71. The van der Waals surface area contributed by atoms with Crippen LogP contribution in [0.4, 0.5) is 0 Å². The summed E-state index contributed by atoms with van der Waals surface area (Å²) < 4.78 is 0. The fourth-order valence-corrected chi connectivity index (χ4v) is 2.99. The maximum absolute atomic E-state index is 12.0. The molecule has 0 aliphatic carbocycles. The van der Waals surface area contributed by atoms with Crippen molar-refractivity contribution >= 4 is 5.91 Å². The minimum absolute atomic E-state index is 0.160. The molecule has 0 saturated heterocycles. The zero-order chi connectivity index (χ0) is 21.6. The number of aliphatic hydroxyl groups is 1. The second-order valence-electron chi connectivity index (χ2n) is 7.52. The first kappa shape index (κ1) is 27.1. The molecule has 3 nitrogen and oxygen atoms in total. The number of carbonyl (C=O) groups is 1. The van der Waals surface area contributed by atoms with E-state index in [1.54, 1.807) is 6.08 Å².